The molecule has 1 heterocycles. The number of nitrogen functional groups attached to an aromatic ring is 2. The van der Waals surface area contributed by atoms with Gasteiger partial charge in [-0.15, -0.1) is 0 Å². The molecule has 4 N–H and O–H groups in total. The Bertz CT molecular complexity index is 325. The van der Waals surface area contributed by atoms with Crippen molar-refractivity contribution in [2.45, 2.75) is 44.9 Å². The molecule has 1 aromatic rings. The van der Waals surface area contributed by atoms with E-state index >= 15 is 0 Å². The van der Waals surface area contributed by atoms with Crippen LogP contribution >= 0.6 is 0 Å². The van der Waals surface area contributed by atoms with Crippen LogP contribution in [0, 0.1) is 0 Å². The minimum absolute atomic E-state index is 0.565. The highest BCUT2D eigenvalue weighted by Crippen LogP contribution is 2.38. The van der Waals surface area contributed by atoms with E-state index in [9.17, 15) is 0 Å². The van der Waals surface area contributed by atoms with E-state index in [1.165, 1.54) is 19.3 Å². The van der Waals surface area contributed by atoms with Crippen molar-refractivity contribution < 1.29 is 0 Å². The molecule has 1 aromatic heterocycles. The fourth-order valence-electron chi connectivity index (χ4n) is 1.89. The van der Waals surface area contributed by atoms with Gasteiger partial charge in [-0.1, -0.05) is 13.3 Å². The fraction of sp³-hybridized carbons (Fsp3) is 0.700. The zero-order valence-corrected chi connectivity index (χ0v) is 8.66. The Kier molecular flexibility index (Phi) is 2.35. The van der Waals surface area contributed by atoms with Crippen molar-refractivity contribution in [1.29, 1.82) is 0 Å². The van der Waals surface area contributed by atoms with E-state index in [4.69, 9.17) is 11.6 Å². The molecule has 0 amide bonds. The number of hydrogen-bond donors (Lipinski definition) is 2. The maximum Gasteiger partial charge on any atom is 0.146 e. The van der Waals surface area contributed by atoms with Gasteiger partial charge >= 0.3 is 0 Å². The summed E-state index contributed by atoms with van der Waals surface area (Å²) in [6, 6.07) is 0. The third-order valence-corrected chi connectivity index (χ3v) is 3.02. The quantitative estimate of drug-likeness (QED) is 0.714. The first-order valence-corrected chi connectivity index (χ1v) is 5.36. The van der Waals surface area contributed by atoms with E-state index in [0.717, 1.165) is 24.4 Å². The summed E-state index contributed by atoms with van der Waals surface area (Å²) in [6.45, 7) is 2.12. The Morgan fingerprint density at radius 3 is 2.71 bits per heavy atom. The number of aromatic nitrogens is 2. The van der Waals surface area contributed by atoms with Crippen LogP contribution in [0.1, 0.15) is 50.0 Å². The van der Waals surface area contributed by atoms with Crippen molar-refractivity contribution in [2.24, 2.45) is 0 Å². The second-order valence-corrected chi connectivity index (χ2v) is 4.05. The molecule has 4 heteroatoms. The van der Waals surface area contributed by atoms with Crippen molar-refractivity contribution in [2.75, 3.05) is 11.6 Å². The SMILES string of the molecule is CCCc1nc(C2CCC2)c(N)n1N. The Morgan fingerprint density at radius 1 is 1.50 bits per heavy atom. The van der Waals surface area contributed by atoms with Crippen LogP contribution in [-0.4, -0.2) is 9.66 Å². The summed E-state index contributed by atoms with van der Waals surface area (Å²) in [4.78, 5) is 4.53. The van der Waals surface area contributed by atoms with Crippen LogP contribution in [-0.2, 0) is 6.42 Å². The van der Waals surface area contributed by atoms with Crippen molar-refractivity contribution in [3.63, 3.8) is 0 Å². The molecule has 4 nitrogen and oxygen atoms in total. The molecule has 0 saturated heterocycles. The van der Waals surface area contributed by atoms with Crippen LogP contribution in [0.4, 0.5) is 5.82 Å². The van der Waals surface area contributed by atoms with Crippen LogP contribution in [0.25, 0.3) is 0 Å². The highest BCUT2D eigenvalue weighted by atomic mass is 15.4. The lowest BCUT2D eigenvalue weighted by atomic mass is 9.83. The molecule has 1 aliphatic rings. The zero-order valence-electron chi connectivity index (χ0n) is 8.66. The van der Waals surface area contributed by atoms with Gasteiger partial charge in [0.1, 0.15) is 11.6 Å². The van der Waals surface area contributed by atoms with Crippen LogP contribution in [0.15, 0.2) is 0 Å². The molecule has 78 valence electrons. The second kappa shape index (κ2) is 3.52. The van der Waals surface area contributed by atoms with Gasteiger partial charge < -0.3 is 11.6 Å². The van der Waals surface area contributed by atoms with E-state index in [1.807, 2.05) is 0 Å². The minimum atomic E-state index is 0.565. The van der Waals surface area contributed by atoms with E-state index in [1.54, 1.807) is 4.68 Å². The van der Waals surface area contributed by atoms with Crippen molar-refractivity contribution >= 4 is 5.82 Å². The highest BCUT2D eigenvalue weighted by molar-refractivity contribution is 5.41. The van der Waals surface area contributed by atoms with Crippen LogP contribution in [0.2, 0.25) is 0 Å². The van der Waals surface area contributed by atoms with Crippen LogP contribution in [0.3, 0.4) is 0 Å². The van der Waals surface area contributed by atoms with E-state index < -0.39 is 0 Å². The molecule has 1 aliphatic carbocycles. The topological polar surface area (TPSA) is 69.9 Å². The molecular formula is C10H18N4. The third-order valence-electron chi connectivity index (χ3n) is 3.02. The molecule has 1 saturated carbocycles. The molecule has 0 atom stereocenters. The number of imidazole rings is 1. The summed E-state index contributed by atoms with van der Waals surface area (Å²) in [5.41, 5.74) is 6.95. The van der Waals surface area contributed by atoms with Gasteiger partial charge in [0.15, 0.2) is 0 Å². The van der Waals surface area contributed by atoms with Gasteiger partial charge in [0, 0.05) is 12.3 Å². The zero-order chi connectivity index (χ0) is 10.1. The summed E-state index contributed by atoms with van der Waals surface area (Å²) >= 11 is 0. The molecule has 0 aromatic carbocycles. The number of rotatable bonds is 3. The average molecular weight is 194 g/mol. The van der Waals surface area contributed by atoms with E-state index in [-0.39, 0.29) is 0 Å². The summed E-state index contributed by atoms with van der Waals surface area (Å²) < 4.78 is 1.55. The van der Waals surface area contributed by atoms with Crippen molar-refractivity contribution in [3.05, 3.63) is 11.5 Å². The monoisotopic (exact) mass is 194 g/mol. The number of nitrogens with zero attached hydrogens (tertiary/aromatic N) is 2. The first-order valence-electron chi connectivity index (χ1n) is 5.36. The van der Waals surface area contributed by atoms with Crippen molar-refractivity contribution in [3.8, 4) is 0 Å². The Hall–Kier alpha value is -1.19. The van der Waals surface area contributed by atoms with E-state index in [0.29, 0.717) is 11.7 Å². The number of aryl methyl sites for hydroxylation is 1. The molecule has 0 bridgehead atoms. The predicted octanol–water partition coefficient (Wildman–Crippen LogP) is 1.40. The van der Waals surface area contributed by atoms with Gasteiger partial charge in [-0.25, -0.2) is 9.66 Å². The molecule has 0 radical (unpaired) electrons. The first kappa shape index (κ1) is 9.37. The number of anilines is 1. The van der Waals surface area contributed by atoms with E-state index in [2.05, 4.69) is 11.9 Å². The van der Waals surface area contributed by atoms with Crippen molar-refractivity contribution in [1.82, 2.24) is 9.66 Å². The standard InChI is InChI=1S/C10H18N4/c1-2-4-8-13-9(7-5-3-6-7)10(11)14(8)12/h7H,2-6,11-12H2,1H3. The summed E-state index contributed by atoms with van der Waals surface area (Å²) in [6.07, 6.45) is 5.69. The Morgan fingerprint density at radius 2 is 2.21 bits per heavy atom. The summed E-state index contributed by atoms with van der Waals surface area (Å²) in [5.74, 6) is 7.99. The normalized spacial score (nSPS) is 16.9. The number of hydrogen-bond acceptors (Lipinski definition) is 3. The molecule has 1 fully saturated rings. The molecule has 0 unspecified atom stereocenters. The molecule has 2 rings (SSSR count). The summed E-state index contributed by atoms with van der Waals surface area (Å²) in [7, 11) is 0. The maximum absolute atomic E-state index is 5.92. The average Bonchev–Trinajstić information content (AvgIpc) is 2.32. The van der Waals surface area contributed by atoms with Gasteiger partial charge in [0.25, 0.3) is 0 Å². The second-order valence-electron chi connectivity index (χ2n) is 4.05. The fourth-order valence-corrected chi connectivity index (χ4v) is 1.89. The molecule has 0 aliphatic heterocycles. The third kappa shape index (κ3) is 1.35. The number of nitrogens with two attached hydrogens (primary N) is 2. The molecular weight excluding hydrogens is 176 g/mol. The molecule has 0 spiro atoms. The smallest absolute Gasteiger partial charge is 0.146 e. The Balaban J connectivity index is 2.27. The van der Waals surface area contributed by atoms with Gasteiger partial charge in [0.2, 0.25) is 0 Å². The van der Waals surface area contributed by atoms with Gasteiger partial charge in [-0.05, 0) is 19.3 Å². The van der Waals surface area contributed by atoms with Gasteiger partial charge in [0.05, 0.1) is 5.69 Å². The maximum atomic E-state index is 5.92. The van der Waals surface area contributed by atoms with Crippen LogP contribution in [0.5, 0.6) is 0 Å². The lowest BCUT2D eigenvalue weighted by Gasteiger charge is -2.23. The first-order chi connectivity index (χ1) is 6.74. The molecule has 14 heavy (non-hydrogen) atoms. The minimum Gasteiger partial charge on any atom is -0.382 e. The van der Waals surface area contributed by atoms with Gasteiger partial charge in [-0.3, -0.25) is 0 Å². The highest BCUT2D eigenvalue weighted by Gasteiger charge is 2.26. The van der Waals surface area contributed by atoms with Crippen LogP contribution < -0.4 is 11.6 Å². The summed E-state index contributed by atoms with van der Waals surface area (Å²) in [5, 5.41) is 0. The lowest BCUT2D eigenvalue weighted by Crippen LogP contribution is -2.16. The largest absolute Gasteiger partial charge is 0.382 e. The lowest BCUT2D eigenvalue weighted by molar-refractivity contribution is 0.413. The predicted molar refractivity (Wildman–Crippen MR) is 57.4 cm³/mol. The van der Waals surface area contributed by atoms with Gasteiger partial charge in [-0.2, -0.15) is 0 Å². The Labute approximate surface area is 84.3 Å².